The van der Waals surface area contributed by atoms with E-state index in [1.807, 2.05) is 0 Å². The highest BCUT2D eigenvalue weighted by molar-refractivity contribution is 5.83. The maximum absolute atomic E-state index is 2.41. The molecule has 0 aliphatic heterocycles. The van der Waals surface area contributed by atoms with E-state index in [4.69, 9.17) is 0 Å². The average molecular weight is 238 g/mol. The molecule has 0 radical (unpaired) electrons. The van der Waals surface area contributed by atoms with Crippen LogP contribution in [-0.4, -0.2) is 0 Å². The van der Waals surface area contributed by atoms with Crippen molar-refractivity contribution in [3.05, 3.63) is 48.0 Å². The zero-order chi connectivity index (χ0) is 12.5. The summed E-state index contributed by atoms with van der Waals surface area (Å²) in [5, 5.41) is 2.75. The van der Waals surface area contributed by atoms with Crippen molar-refractivity contribution < 1.29 is 0 Å². The first kappa shape index (κ1) is 11.8. The van der Waals surface area contributed by atoms with Crippen molar-refractivity contribution in [1.29, 1.82) is 0 Å². The molecule has 3 rings (SSSR count). The number of hydrogen-bond donors (Lipinski definition) is 0. The van der Waals surface area contributed by atoms with Gasteiger partial charge in [-0.3, -0.25) is 0 Å². The molecule has 0 nitrogen and oxygen atoms in total. The fourth-order valence-corrected chi connectivity index (χ4v) is 3.68. The van der Waals surface area contributed by atoms with Gasteiger partial charge in [0.15, 0.2) is 0 Å². The fourth-order valence-electron chi connectivity index (χ4n) is 3.68. The van der Waals surface area contributed by atoms with E-state index in [1.165, 1.54) is 30.0 Å². The summed E-state index contributed by atoms with van der Waals surface area (Å²) in [4.78, 5) is 0. The zero-order valence-electron chi connectivity index (χ0n) is 11.4. The van der Waals surface area contributed by atoms with Crippen molar-refractivity contribution in [1.82, 2.24) is 0 Å². The molecular weight excluding hydrogens is 216 g/mol. The van der Waals surface area contributed by atoms with Gasteiger partial charge in [0, 0.05) is 0 Å². The smallest absolute Gasteiger partial charge is 0.0157 e. The molecule has 1 saturated carbocycles. The number of hydrogen-bond acceptors (Lipinski definition) is 0. The maximum atomic E-state index is 2.41. The van der Waals surface area contributed by atoms with Crippen molar-refractivity contribution in [2.75, 3.05) is 0 Å². The summed E-state index contributed by atoms with van der Waals surface area (Å²) in [6.07, 6.45) is 4.13. The van der Waals surface area contributed by atoms with Crippen LogP contribution in [0.1, 0.15) is 44.6 Å². The molecule has 0 spiro atoms. The Morgan fingerprint density at radius 2 is 1.44 bits per heavy atom. The van der Waals surface area contributed by atoms with Gasteiger partial charge in [0.2, 0.25) is 0 Å². The summed E-state index contributed by atoms with van der Waals surface area (Å²) in [7, 11) is 0. The van der Waals surface area contributed by atoms with Crippen molar-refractivity contribution in [2.24, 2.45) is 11.8 Å². The van der Waals surface area contributed by atoms with Gasteiger partial charge in [0.05, 0.1) is 0 Å². The molecule has 0 heteroatoms. The highest BCUT2D eigenvalue weighted by Crippen LogP contribution is 2.39. The zero-order valence-corrected chi connectivity index (χ0v) is 11.4. The normalized spacial score (nSPS) is 28.4. The lowest BCUT2D eigenvalue weighted by molar-refractivity contribution is 0.268. The Labute approximate surface area is 110 Å². The van der Waals surface area contributed by atoms with Crippen molar-refractivity contribution in [3.63, 3.8) is 0 Å². The highest BCUT2D eigenvalue weighted by atomic mass is 14.3. The van der Waals surface area contributed by atoms with E-state index in [0.717, 1.165) is 17.8 Å². The highest BCUT2D eigenvalue weighted by Gasteiger charge is 2.24. The molecule has 0 bridgehead atoms. The van der Waals surface area contributed by atoms with Gasteiger partial charge in [-0.25, -0.2) is 0 Å². The minimum absolute atomic E-state index is 0.772. The third-order valence-corrected chi connectivity index (χ3v) is 4.42. The lowest BCUT2D eigenvalue weighted by atomic mass is 9.74. The molecule has 2 aromatic rings. The Morgan fingerprint density at radius 1 is 0.778 bits per heavy atom. The maximum Gasteiger partial charge on any atom is -0.0157 e. The van der Waals surface area contributed by atoms with Gasteiger partial charge >= 0.3 is 0 Å². The molecule has 1 fully saturated rings. The topological polar surface area (TPSA) is 0 Å². The van der Waals surface area contributed by atoms with Crippen molar-refractivity contribution in [2.45, 2.75) is 39.0 Å². The summed E-state index contributed by atoms with van der Waals surface area (Å²) >= 11 is 0. The Kier molecular flexibility index (Phi) is 3.11. The van der Waals surface area contributed by atoms with Crippen LogP contribution >= 0.6 is 0 Å². The summed E-state index contributed by atoms with van der Waals surface area (Å²) in [5.74, 6) is 2.53. The first-order valence-electron chi connectivity index (χ1n) is 7.21. The Hall–Kier alpha value is -1.30. The number of rotatable bonds is 1. The minimum Gasteiger partial charge on any atom is -0.0625 e. The number of benzene rings is 2. The van der Waals surface area contributed by atoms with Gasteiger partial charge in [-0.15, -0.1) is 0 Å². The van der Waals surface area contributed by atoms with Crippen molar-refractivity contribution in [3.8, 4) is 0 Å². The van der Waals surface area contributed by atoms with Crippen LogP contribution in [-0.2, 0) is 0 Å². The summed E-state index contributed by atoms with van der Waals surface area (Å²) in [5.41, 5.74) is 1.55. The largest absolute Gasteiger partial charge is 0.0625 e. The Morgan fingerprint density at radius 3 is 2.17 bits per heavy atom. The van der Waals surface area contributed by atoms with Gasteiger partial charge in [-0.1, -0.05) is 56.3 Å². The molecule has 0 amide bonds. The quantitative estimate of drug-likeness (QED) is 0.625. The van der Waals surface area contributed by atoms with Gasteiger partial charge < -0.3 is 0 Å². The number of fused-ring (bicyclic) bond motifs is 1. The van der Waals surface area contributed by atoms with E-state index >= 15 is 0 Å². The molecule has 0 saturated heterocycles. The fraction of sp³-hybridized carbons (Fsp3) is 0.444. The third-order valence-electron chi connectivity index (χ3n) is 4.42. The van der Waals surface area contributed by atoms with Gasteiger partial charge in [-0.05, 0) is 53.4 Å². The van der Waals surface area contributed by atoms with Crippen LogP contribution in [0, 0.1) is 11.8 Å². The van der Waals surface area contributed by atoms with Crippen LogP contribution < -0.4 is 0 Å². The molecule has 1 aliphatic carbocycles. The van der Waals surface area contributed by atoms with E-state index in [1.54, 1.807) is 5.56 Å². The van der Waals surface area contributed by atoms with Gasteiger partial charge in [0.25, 0.3) is 0 Å². The molecule has 2 atom stereocenters. The third kappa shape index (κ3) is 2.29. The van der Waals surface area contributed by atoms with Gasteiger partial charge in [0.1, 0.15) is 0 Å². The Balaban J connectivity index is 1.93. The molecule has 2 aromatic carbocycles. The van der Waals surface area contributed by atoms with E-state index < -0.39 is 0 Å². The second-order valence-corrected chi connectivity index (χ2v) is 6.22. The molecule has 0 aromatic heterocycles. The average Bonchev–Trinajstić information content (AvgIpc) is 2.37. The standard InChI is InChI=1S/C18H22/c1-13-9-14(2)11-18(10-13)17-8-7-15-5-3-4-6-16(15)12-17/h3-8,12-14,18H,9-11H2,1-2H3. The minimum atomic E-state index is 0.772. The van der Waals surface area contributed by atoms with Gasteiger partial charge in [-0.2, -0.15) is 0 Å². The molecular formula is C18H22. The van der Waals surface area contributed by atoms with Crippen LogP contribution in [0.25, 0.3) is 10.8 Å². The molecule has 2 unspecified atom stereocenters. The lowest BCUT2D eigenvalue weighted by Crippen LogP contribution is -2.18. The monoisotopic (exact) mass is 238 g/mol. The van der Waals surface area contributed by atoms with Crippen LogP contribution in [0.15, 0.2) is 42.5 Å². The van der Waals surface area contributed by atoms with Crippen LogP contribution in [0.3, 0.4) is 0 Å². The molecule has 94 valence electrons. The van der Waals surface area contributed by atoms with Crippen LogP contribution in [0.5, 0.6) is 0 Å². The molecule has 0 heterocycles. The lowest BCUT2D eigenvalue weighted by Gasteiger charge is -2.31. The van der Waals surface area contributed by atoms with E-state index in [0.29, 0.717) is 0 Å². The predicted molar refractivity (Wildman–Crippen MR) is 78.9 cm³/mol. The van der Waals surface area contributed by atoms with E-state index in [9.17, 15) is 0 Å². The van der Waals surface area contributed by atoms with Crippen LogP contribution in [0.2, 0.25) is 0 Å². The second-order valence-electron chi connectivity index (χ2n) is 6.22. The molecule has 18 heavy (non-hydrogen) atoms. The molecule has 0 N–H and O–H groups in total. The van der Waals surface area contributed by atoms with Crippen molar-refractivity contribution >= 4 is 10.8 Å². The predicted octanol–water partition coefficient (Wildman–Crippen LogP) is 5.38. The summed E-state index contributed by atoms with van der Waals surface area (Å²) in [6.45, 7) is 4.81. The Bertz CT molecular complexity index is 530. The van der Waals surface area contributed by atoms with E-state index in [2.05, 4.69) is 56.3 Å². The van der Waals surface area contributed by atoms with Crippen LogP contribution in [0.4, 0.5) is 0 Å². The SMILES string of the molecule is CC1CC(C)CC(c2ccc3ccccc3c2)C1. The summed E-state index contributed by atoms with van der Waals surface area (Å²) in [6, 6.07) is 15.7. The molecule has 1 aliphatic rings. The second kappa shape index (κ2) is 4.76. The van der Waals surface area contributed by atoms with E-state index in [-0.39, 0.29) is 0 Å². The summed E-state index contributed by atoms with van der Waals surface area (Å²) < 4.78 is 0. The first-order chi connectivity index (χ1) is 8.72. The first-order valence-corrected chi connectivity index (χ1v) is 7.21.